The molecule has 1 aliphatic carbocycles. The van der Waals surface area contributed by atoms with Crippen LogP contribution in [0, 0.1) is 0 Å². The van der Waals surface area contributed by atoms with Gasteiger partial charge >= 0.3 is 11.9 Å². The zero-order chi connectivity index (χ0) is 18.7. The van der Waals surface area contributed by atoms with E-state index in [1.54, 1.807) is 13.8 Å². The number of carbonyl (C=O) groups is 2. The van der Waals surface area contributed by atoms with Crippen LogP contribution in [0.25, 0.3) is 11.3 Å². The van der Waals surface area contributed by atoms with E-state index in [1.165, 1.54) is 0 Å². The van der Waals surface area contributed by atoms with Gasteiger partial charge in [0.05, 0.1) is 18.9 Å². The van der Waals surface area contributed by atoms with Crippen LogP contribution in [0.2, 0.25) is 0 Å². The van der Waals surface area contributed by atoms with Crippen molar-refractivity contribution in [1.29, 1.82) is 0 Å². The van der Waals surface area contributed by atoms with E-state index in [4.69, 9.17) is 9.47 Å². The summed E-state index contributed by atoms with van der Waals surface area (Å²) in [5, 5.41) is 4.38. The second-order valence-corrected chi connectivity index (χ2v) is 5.85. The summed E-state index contributed by atoms with van der Waals surface area (Å²) in [5.41, 5.74) is 2.39. The summed E-state index contributed by atoms with van der Waals surface area (Å²) < 4.78 is 11.0. The highest BCUT2D eigenvalue weighted by Gasteiger charge is 2.28. The standard InChI is InChI=1S/C19H20N2O5/c1-3-25-15(22)11-21-18(23)16(19(24)26-4-2)14-10-9-12-7-5-6-8-13(12)17(14)20-21/h5-8H,3-4,9-11H2,1-2H3. The van der Waals surface area contributed by atoms with E-state index in [0.29, 0.717) is 24.1 Å². The van der Waals surface area contributed by atoms with Gasteiger partial charge in [0.15, 0.2) is 0 Å². The Balaban J connectivity index is 2.20. The molecule has 26 heavy (non-hydrogen) atoms. The van der Waals surface area contributed by atoms with Crippen LogP contribution in [0.4, 0.5) is 0 Å². The molecule has 136 valence electrons. The number of carbonyl (C=O) groups excluding carboxylic acids is 2. The van der Waals surface area contributed by atoms with Crippen LogP contribution in [0.15, 0.2) is 29.1 Å². The fourth-order valence-corrected chi connectivity index (χ4v) is 3.14. The molecule has 1 heterocycles. The molecule has 3 rings (SSSR count). The molecule has 0 N–H and O–H groups in total. The monoisotopic (exact) mass is 356 g/mol. The van der Waals surface area contributed by atoms with Gasteiger partial charge < -0.3 is 9.47 Å². The van der Waals surface area contributed by atoms with Gasteiger partial charge in [0.1, 0.15) is 12.1 Å². The van der Waals surface area contributed by atoms with E-state index < -0.39 is 17.5 Å². The van der Waals surface area contributed by atoms with Gasteiger partial charge in [-0.25, -0.2) is 9.48 Å². The maximum Gasteiger partial charge on any atom is 0.344 e. The van der Waals surface area contributed by atoms with E-state index >= 15 is 0 Å². The number of aromatic nitrogens is 2. The average molecular weight is 356 g/mol. The highest BCUT2D eigenvalue weighted by Crippen LogP contribution is 2.32. The molecule has 0 bridgehead atoms. The molecule has 0 amide bonds. The van der Waals surface area contributed by atoms with Crippen molar-refractivity contribution in [2.24, 2.45) is 0 Å². The van der Waals surface area contributed by atoms with Crippen molar-refractivity contribution in [2.75, 3.05) is 13.2 Å². The van der Waals surface area contributed by atoms with Crippen LogP contribution >= 0.6 is 0 Å². The maximum atomic E-state index is 12.8. The van der Waals surface area contributed by atoms with Crippen molar-refractivity contribution >= 4 is 11.9 Å². The predicted molar refractivity (Wildman–Crippen MR) is 93.9 cm³/mol. The molecule has 1 aromatic carbocycles. The van der Waals surface area contributed by atoms with Crippen molar-refractivity contribution in [1.82, 2.24) is 9.78 Å². The van der Waals surface area contributed by atoms with Crippen LogP contribution in [-0.4, -0.2) is 34.9 Å². The summed E-state index contributed by atoms with van der Waals surface area (Å²) >= 11 is 0. The molecule has 7 nitrogen and oxygen atoms in total. The molecule has 0 atom stereocenters. The molecule has 0 aliphatic heterocycles. The molecular weight excluding hydrogens is 336 g/mol. The van der Waals surface area contributed by atoms with Crippen LogP contribution in [0.3, 0.4) is 0 Å². The molecule has 0 radical (unpaired) electrons. The lowest BCUT2D eigenvalue weighted by Crippen LogP contribution is -2.35. The summed E-state index contributed by atoms with van der Waals surface area (Å²) in [4.78, 5) is 37.1. The number of rotatable bonds is 5. The van der Waals surface area contributed by atoms with Crippen molar-refractivity contribution in [3.8, 4) is 11.3 Å². The normalized spacial score (nSPS) is 12.1. The molecule has 0 spiro atoms. The lowest BCUT2D eigenvalue weighted by Gasteiger charge is -2.21. The van der Waals surface area contributed by atoms with Gasteiger partial charge in [0.2, 0.25) is 0 Å². The maximum absolute atomic E-state index is 12.8. The Morgan fingerprint density at radius 3 is 2.58 bits per heavy atom. The lowest BCUT2D eigenvalue weighted by molar-refractivity contribution is -0.144. The molecule has 7 heteroatoms. The number of benzene rings is 1. The summed E-state index contributed by atoms with van der Waals surface area (Å²) in [6.07, 6.45) is 1.22. The molecule has 1 aromatic heterocycles. The third kappa shape index (κ3) is 3.24. The number of esters is 2. The fraction of sp³-hybridized carbons (Fsp3) is 0.368. The summed E-state index contributed by atoms with van der Waals surface area (Å²) in [7, 11) is 0. The van der Waals surface area contributed by atoms with Crippen LogP contribution in [-0.2, 0) is 33.7 Å². The molecular formula is C19H20N2O5. The number of ether oxygens (including phenoxy) is 2. The number of aryl methyl sites for hydroxylation is 1. The quantitative estimate of drug-likeness (QED) is 0.759. The molecule has 0 saturated carbocycles. The number of hydrogen-bond donors (Lipinski definition) is 0. The summed E-state index contributed by atoms with van der Waals surface area (Å²) in [6.45, 7) is 3.36. The predicted octanol–water partition coefficient (Wildman–Crippen LogP) is 1.75. The first-order valence-electron chi connectivity index (χ1n) is 8.61. The Bertz CT molecular complexity index is 917. The molecule has 0 fully saturated rings. The Morgan fingerprint density at radius 2 is 1.85 bits per heavy atom. The van der Waals surface area contributed by atoms with Gasteiger partial charge in [-0.15, -0.1) is 0 Å². The van der Waals surface area contributed by atoms with Gasteiger partial charge in [0, 0.05) is 11.1 Å². The SMILES string of the molecule is CCOC(=O)Cn1nc2c(c(C(=O)OCC)c1=O)CCc1ccccc1-2. The second-order valence-electron chi connectivity index (χ2n) is 5.85. The molecule has 2 aromatic rings. The minimum atomic E-state index is -0.687. The minimum Gasteiger partial charge on any atom is -0.465 e. The number of hydrogen-bond acceptors (Lipinski definition) is 6. The van der Waals surface area contributed by atoms with E-state index in [0.717, 1.165) is 15.8 Å². The third-order valence-electron chi connectivity index (χ3n) is 4.24. The number of nitrogens with zero attached hydrogens (tertiary/aromatic N) is 2. The molecule has 0 unspecified atom stereocenters. The third-order valence-corrected chi connectivity index (χ3v) is 4.24. The van der Waals surface area contributed by atoms with Crippen molar-refractivity contribution in [2.45, 2.75) is 33.2 Å². The first-order valence-corrected chi connectivity index (χ1v) is 8.61. The van der Waals surface area contributed by atoms with Crippen LogP contribution in [0.1, 0.15) is 35.3 Å². The smallest absolute Gasteiger partial charge is 0.344 e. The van der Waals surface area contributed by atoms with Gasteiger partial charge in [0.25, 0.3) is 5.56 Å². The second kappa shape index (κ2) is 7.51. The largest absolute Gasteiger partial charge is 0.465 e. The molecule has 1 aliphatic rings. The number of fused-ring (bicyclic) bond motifs is 3. The Kier molecular flexibility index (Phi) is 5.16. The first-order chi connectivity index (χ1) is 12.6. The van der Waals surface area contributed by atoms with Crippen molar-refractivity contribution in [3.05, 3.63) is 51.3 Å². The zero-order valence-electron chi connectivity index (χ0n) is 14.8. The summed E-state index contributed by atoms with van der Waals surface area (Å²) in [6, 6.07) is 7.70. The first kappa shape index (κ1) is 17.8. The van der Waals surface area contributed by atoms with E-state index in [1.807, 2.05) is 24.3 Å². The zero-order valence-corrected chi connectivity index (χ0v) is 14.8. The average Bonchev–Trinajstić information content (AvgIpc) is 2.62. The Labute approximate surface area is 150 Å². The van der Waals surface area contributed by atoms with Crippen LogP contribution < -0.4 is 5.56 Å². The van der Waals surface area contributed by atoms with Gasteiger partial charge in [-0.2, -0.15) is 5.10 Å². The van der Waals surface area contributed by atoms with Gasteiger partial charge in [-0.05, 0) is 32.3 Å². The highest BCUT2D eigenvalue weighted by molar-refractivity contribution is 5.93. The van der Waals surface area contributed by atoms with Gasteiger partial charge in [-0.3, -0.25) is 9.59 Å². The van der Waals surface area contributed by atoms with E-state index in [-0.39, 0.29) is 25.3 Å². The van der Waals surface area contributed by atoms with E-state index in [9.17, 15) is 14.4 Å². The van der Waals surface area contributed by atoms with Crippen molar-refractivity contribution in [3.63, 3.8) is 0 Å². The highest BCUT2D eigenvalue weighted by atomic mass is 16.5. The van der Waals surface area contributed by atoms with Gasteiger partial charge in [-0.1, -0.05) is 24.3 Å². The fourth-order valence-electron chi connectivity index (χ4n) is 3.14. The minimum absolute atomic E-state index is 0.0457. The van der Waals surface area contributed by atoms with E-state index in [2.05, 4.69) is 5.10 Å². The molecule has 0 saturated heterocycles. The van der Waals surface area contributed by atoms with Crippen LogP contribution in [0.5, 0.6) is 0 Å². The Morgan fingerprint density at radius 1 is 1.12 bits per heavy atom. The Hall–Kier alpha value is -2.96. The summed E-state index contributed by atoms with van der Waals surface area (Å²) in [5.74, 6) is -1.27. The lowest BCUT2D eigenvalue weighted by atomic mass is 9.87. The van der Waals surface area contributed by atoms with Crippen molar-refractivity contribution < 1.29 is 19.1 Å². The topological polar surface area (TPSA) is 87.5 Å².